The van der Waals surface area contributed by atoms with E-state index in [4.69, 9.17) is 0 Å². The summed E-state index contributed by atoms with van der Waals surface area (Å²) < 4.78 is 0. The van der Waals surface area contributed by atoms with Crippen LogP contribution in [0.2, 0.25) is 0 Å². The van der Waals surface area contributed by atoms with E-state index in [9.17, 15) is 20.1 Å². The maximum atomic E-state index is 12.5. The molecule has 6 rings (SSSR count). The Morgan fingerprint density at radius 2 is 1.92 bits per heavy atom. The molecule has 11 atom stereocenters. The van der Waals surface area contributed by atoms with Crippen molar-refractivity contribution in [1.29, 1.82) is 0 Å². The highest BCUT2D eigenvalue weighted by atomic mass is 16.3. The van der Waals surface area contributed by atoms with Crippen LogP contribution in [0.3, 0.4) is 0 Å². The zero-order chi connectivity index (χ0) is 26.1. The summed E-state index contributed by atoms with van der Waals surface area (Å²) in [6, 6.07) is 3.50. The highest BCUT2D eigenvalue weighted by Crippen LogP contribution is 2.68. The number of nitrogens with one attached hydrogen (secondary N) is 1. The third kappa shape index (κ3) is 3.90. The van der Waals surface area contributed by atoms with Gasteiger partial charge in [0.15, 0.2) is 5.65 Å². The first-order chi connectivity index (χ1) is 17.6. The number of aliphatic hydroxyl groups is 3. The Balaban J connectivity index is 1.21. The number of hydrogen-bond donors (Lipinski definition) is 4. The third-order valence-electron chi connectivity index (χ3n) is 11.9. The van der Waals surface area contributed by atoms with E-state index in [0.29, 0.717) is 52.9 Å². The number of fused-ring (bicyclic) bond motifs is 6. The van der Waals surface area contributed by atoms with Gasteiger partial charge in [-0.1, -0.05) is 20.8 Å². The lowest BCUT2D eigenvalue weighted by Crippen LogP contribution is -2.62. The lowest BCUT2D eigenvalue weighted by Gasteiger charge is -2.63. The first kappa shape index (κ1) is 25.4. The smallest absolute Gasteiger partial charge is 0.260 e. The van der Waals surface area contributed by atoms with E-state index in [2.05, 4.69) is 35.7 Å². The van der Waals surface area contributed by atoms with Crippen molar-refractivity contribution < 1.29 is 15.3 Å². The van der Waals surface area contributed by atoms with E-state index in [-0.39, 0.29) is 40.6 Å². The van der Waals surface area contributed by atoms with Gasteiger partial charge in [-0.25, -0.2) is 9.97 Å². The van der Waals surface area contributed by atoms with Gasteiger partial charge in [0, 0.05) is 12.6 Å². The molecular formula is C30H43N3O4. The van der Waals surface area contributed by atoms with Crippen LogP contribution < -0.4 is 5.56 Å². The maximum absolute atomic E-state index is 12.5. The Morgan fingerprint density at radius 3 is 2.73 bits per heavy atom. The topological polar surface area (TPSA) is 119 Å². The van der Waals surface area contributed by atoms with Crippen LogP contribution in [-0.2, 0) is 6.42 Å². The molecule has 4 N–H and O–H groups in total. The van der Waals surface area contributed by atoms with Gasteiger partial charge in [-0.05, 0) is 110 Å². The van der Waals surface area contributed by atoms with Gasteiger partial charge in [-0.15, -0.1) is 0 Å². The Labute approximate surface area is 219 Å². The van der Waals surface area contributed by atoms with Gasteiger partial charge in [0.2, 0.25) is 0 Å². The van der Waals surface area contributed by atoms with Crippen molar-refractivity contribution in [3.63, 3.8) is 0 Å². The van der Waals surface area contributed by atoms with E-state index in [1.807, 2.05) is 0 Å². The Kier molecular flexibility index (Phi) is 6.28. The molecule has 4 aliphatic rings. The highest BCUT2D eigenvalue weighted by molar-refractivity contribution is 5.72. The van der Waals surface area contributed by atoms with E-state index < -0.39 is 0 Å². The molecule has 4 aliphatic carbocycles. The van der Waals surface area contributed by atoms with Gasteiger partial charge >= 0.3 is 0 Å². The van der Waals surface area contributed by atoms with Crippen molar-refractivity contribution in [2.24, 2.45) is 46.3 Å². The van der Waals surface area contributed by atoms with Gasteiger partial charge in [0.25, 0.3) is 5.56 Å². The van der Waals surface area contributed by atoms with Crippen LogP contribution in [0.15, 0.2) is 23.1 Å². The van der Waals surface area contributed by atoms with Gasteiger partial charge in [-0.3, -0.25) is 4.79 Å². The molecule has 4 saturated carbocycles. The van der Waals surface area contributed by atoms with E-state index in [0.717, 1.165) is 51.4 Å². The molecular weight excluding hydrogens is 466 g/mol. The molecule has 202 valence electrons. The van der Waals surface area contributed by atoms with Crippen LogP contribution >= 0.6 is 0 Å². The number of aliphatic hydroxyl groups excluding tert-OH is 3. The molecule has 2 heterocycles. The van der Waals surface area contributed by atoms with Crippen molar-refractivity contribution in [1.82, 2.24) is 15.0 Å². The summed E-state index contributed by atoms with van der Waals surface area (Å²) in [5, 5.41) is 34.1. The average molecular weight is 510 g/mol. The number of aromatic amines is 1. The van der Waals surface area contributed by atoms with E-state index >= 15 is 0 Å². The number of nitrogens with zero attached hydrogens (tertiary/aromatic N) is 2. The predicted molar refractivity (Wildman–Crippen MR) is 142 cm³/mol. The van der Waals surface area contributed by atoms with Crippen molar-refractivity contribution in [3.8, 4) is 0 Å². The van der Waals surface area contributed by atoms with Crippen molar-refractivity contribution in [2.75, 3.05) is 0 Å². The zero-order valence-corrected chi connectivity index (χ0v) is 22.4. The molecule has 2 aromatic rings. The number of aromatic nitrogens is 3. The third-order valence-corrected chi connectivity index (χ3v) is 11.9. The number of aryl methyl sites for hydroxylation is 1. The molecule has 0 spiro atoms. The molecule has 7 heteroatoms. The number of H-pyrrole nitrogens is 1. The molecule has 0 bridgehead atoms. The van der Waals surface area contributed by atoms with Crippen LogP contribution in [0.25, 0.3) is 11.0 Å². The lowest BCUT2D eigenvalue weighted by molar-refractivity contribution is -0.207. The van der Waals surface area contributed by atoms with Crippen molar-refractivity contribution in [3.05, 3.63) is 34.5 Å². The van der Waals surface area contributed by atoms with Crippen LogP contribution in [0, 0.1) is 46.3 Å². The molecule has 4 fully saturated rings. The SMILES string of the molecule is C[C@H](CCc1nc2ncccc2c(=O)[nH]1)[C@H]1CC[C@H]2[C@H]3C(C[C@H](O)[C@]12C)[C@@]1(C)CC[C@@H](O)C[C@H]1C[C@H]3O. The largest absolute Gasteiger partial charge is 0.393 e. The summed E-state index contributed by atoms with van der Waals surface area (Å²) in [7, 11) is 0. The summed E-state index contributed by atoms with van der Waals surface area (Å²) in [4.78, 5) is 24.3. The molecule has 0 amide bonds. The Morgan fingerprint density at radius 1 is 1.11 bits per heavy atom. The summed E-state index contributed by atoms with van der Waals surface area (Å²) in [6.07, 6.45) is 8.52. The minimum absolute atomic E-state index is 0.0940. The number of pyridine rings is 1. The van der Waals surface area contributed by atoms with Gasteiger partial charge in [0.1, 0.15) is 5.82 Å². The summed E-state index contributed by atoms with van der Waals surface area (Å²) in [5.74, 6) is 2.60. The fourth-order valence-electron chi connectivity index (χ4n) is 9.83. The highest BCUT2D eigenvalue weighted by Gasteiger charge is 2.65. The molecule has 0 radical (unpaired) electrons. The van der Waals surface area contributed by atoms with Crippen molar-refractivity contribution in [2.45, 2.75) is 96.9 Å². The number of rotatable bonds is 4. The fourth-order valence-corrected chi connectivity index (χ4v) is 9.83. The second-order valence-electron chi connectivity index (χ2n) is 13.4. The maximum Gasteiger partial charge on any atom is 0.260 e. The second kappa shape index (κ2) is 9.13. The van der Waals surface area contributed by atoms with E-state index in [1.165, 1.54) is 0 Å². The van der Waals surface area contributed by atoms with Crippen LogP contribution in [0.4, 0.5) is 0 Å². The predicted octanol–water partition coefficient (Wildman–Crippen LogP) is 3.85. The normalized spacial score (nSPS) is 44.2. The van der Waals surface area contributed by atoms with Crippen molar-refractivity contribution >= 4 is 11.0 Å². The Bertz CT molecular complexity index is 1220. The fraction of sp³-hybridized carbons (Fsp3) is 0.767. The molecule has 7 nitrogen and oxygen atoms in total. The standard InChI is InChI=1S/C30H43N3O4/c1-16(6-9-25-32-27-19(28(37)33-25)5-4-12-31-27)20-7-8-21-26-22(15-24(36)30(20,21)3)29(2)11-10-18(34)13-17(29)14-23(26)35/h4-5,12,16-18,20-24,26,34-36H,6-11,13-15H2,1-3H3,(H,31,32,33,37)/t16-,17+,18-,20-,21+,22?,23-,24+,26+,29+,30-/m1/s1. The van der Waals surface area contributed by atoms with Gasteiger partial charge in [0.05, 0.1) is 23.7 Å². The minimum Gasteiger partial charge on any atom is -0.393 e. The molecule has 0 aromatic carbocycles. The molecule has 1 unspecified atom stereocenters. The molecule has 0 saturated heterocycles. The monoisotopic (exact) mass is 509 g/mol. The van der Waals surface area contributed by atoms with Crippen LogP contribution in [0.1, 0.15) is 78.0 Å². The number of hydrogen-bond acceptors (Lipinski definition) is 6. The van der Waals surface area contributed by atoms with Gasteiger partial charge < -0.3 is 20.3 Å². The van der Waals surface area contributed by atoms with E-state index in [1.54, 1.807) is 18.3 Å². The van der Waals surface area contributed by atoms with Crippen LogP contribution in [0.5, 0.6) is 0 Å². The Hall–Kier alpha value is -1.83. The second-order valence-corrected chi connectivity index (χ2v) is 13.4. The summed E-state index contributed by atoms with van der Waals surface area (Å²) in [5.41, 5.74) is 0.223. The van der Waals surface area contributed by atoms with Gasteiger partial charge in [-0.2, -0.15) is 0 Å². The zero-order valence-electron chi connectivity index (χ0n) is 22.4. The quantitative estimate of drug-likeness (QED) is 0.497. The summed E-state index contributed by atoms with van der Waals surface area (Å²) in [6.45, 7) is 6.95. The van der Waals surface area contributed by atoms with Crippen LogP contribution in [-0.4, -0.2) is 48.6 Å². The molecule has 0 aliphatic heterocycles. The first-order valence-corrected chi connectivity index (χ1v) is 14.5. The minimum atomic E-state index is -0.383. The average Bonchev–Trinajstić information content (AvgIpc) is 3.23. The molecule has 2 aromatic heterocycles. The first-order valence-electron chi connectivity index (χ1n) is 14.5. The lowest BCUT2D eigenvalue weighted by atomic mass is 9.43. The summed E-state index contributed by atoms with van der Waals surface area (Å²) >= 11 is 0. The molecule has 37 heavy (non-hydrogen) atoms.